The molecule has 0 radical (unpaired) electrons. The van der Waals surface area contributed by atoms with Crippen LogP contribution in [0.1, 0.15) is 5.56 Å². The first-order chi connectivity index (χ1) is 7.98. The van der Waals surface area contributed by atoms with Gasteiger partial charge in [0.2, 0.25) is 5.95 Å². The number of imidazole rings is 1. The molecule has 1 heterocycles. The highest BCUT2D eigenvalue weighted by Gasteiger charge is 2.27. The molecule has 2 N–H and O–H groups in total. The SMILES string of the molecule is N#Cc1ccc2nc(NCC(F)(F)F)[nH]c2c1. The van der Waals surface area contributed by atoms with Gasteiger partial charge in [-0.15, -0.1) is 0 Å². The normalized spacial score (nSPS) is 11.4. The number of nitrogens with one attached hydrogen (secondary N) is 2. The van der Waals surface area contributed by atoms with Crippen molar-refractivity contribution >= 4 is 17.0 Å². The van der Waals surface area contributed by atoms with Crippen molar-refractivity contribution in [2.45, 2.75) is 6.18 Å². The fourth-order valence-corrected chi connectivity index (χ4v) is 1.35. The maximum Gasteiger partial charge on any atom is 0.405 e. The van der Waals surface area contributed by atoms with E-state index in [1.54, 1.807) is 12.1 Å². The summed E-state index contributed by atoms with van der Waals surface area (Å²) in [6, 6.07) is 6.59. The van der Waals surface area contributed by atoms with Crippen LogP contribution in [0.3, 0.4) is 0 Å². The van der Waals surface area contributed by atoms with Crippen molar-refractivity contribution in [1.29, 1.82) is 5.26 Å². The Morgan fingerprint density at radius 2 is 2.18 bits per heavy atom. The summed E-state index contributed by atoms with van der Waals surface area (Å²) in [5.74, 6) is 0.0346. The van der Waals surface area contributed by atoms with Gasteiger partial charge in [-0.1, -0.05) is 0 Å². The highest BCUT2D eigenvalue weighted by Crippen LogP contribution is 2.18. The number of anilines is 1. The summed E-state index contributed by atoms with van der Waals surface area (Å²) in [7, 11) is 0. The molecule has 0 spiro atoms. The molecule has 0 amide bonds. The van der Waals surface area contributed by atoms with Crippen molar-refractivity contribution in [1.82, 2.24) is 9.97 Å². The van der Waals surface area contributed by atoms with E-state index >= 15 is 0 Å². The van der Waals surface area contributed by atoms with Crippen LogP contribution in [0.25, 0.3) is 11.0 Å². The number of nitriles is 1. The van der Waals surface area contributed by atoms with Crippen LogP contribution in [-0.4, -0.2) is 22.7 Å². The van der Waals surface area contributed by atoms with Gasteiger partial charge >= 0.3 is 6.18 Å². The quantitative estimate of drug-likeness (QED) is 0.847. The third kappa shape index (κ3) is 2.66. The lowest BCUT2D eigenvalue weighted by Gasteiger charge is -2.05. The first-order valence-corrected chi connectivity index (χ1v) is 4.68. The van der Waals surface area contributed by atoms with E-state index in [4.69, 9.17) is 5.26 Å². The second-order valence-electron chi connectivity index (χ2n) is 3.40. The third-order valence-corrected chi connectivity index (χ3v) is 2.07. The van der Waals surface area contributed by atoms with Gasteiger partial charge in [0.25, 0.3) is 0 Å². The monoisotopic (exact) mass is 240 g/mol. The minimum atomic E-state index is -4.29. The van der Waals surface area contributed by atoms with Crippen molar-refractivity contribution < 1.29 is 13.2 Å². The Labute approximate surface area is 94.1 Å². The minimum Gasteiger partial charge on any atom is -0.347 e. The standard InChI is InChI=1S/C10H7F3N4/c11-10(12,13)5-15-9-16-7-2-1-6(4-14)3-8(7)17-9/h1-3H,5H2,(H2,15,16,17). The average molecular weight is 240 g/mol. The predicted octanol–water partition coefficient (Wildman–Crippen LogP) is 2.41. The van der Waals surface area contributed by atoms with Crippen LogP contribution in [0.2, 0.25) is 0 Å². The molecule has 88 valence electrons. The van der Waals surface area contributed by atoms with Gasteiger partial charge in [0.1, 0.15) is 6.54 Å². The summed E-state index contributed by atoms with van der Waals surface area (Å²) in [6.07, 6.45) is -4.29. The van der Waals surface area contributed by atoms with Gasteiger partial charge in [-0.2, -0.15) is 18.4 Å². The Morgan fingerprint density at radius 1 is 1.41 bits per heavy atom. The maximum absolute atomic E-state index is 12.0. The van der Waals surface area contributed by atoms with Gasteiger partial charge in [-0.3, -0.25) is 0 Å². The molecule has 0 aliphatic rings. The number of hydrogen-bond acceptors (Lipinski definition) is 3. The first-order valence-electron chi connectivity index (χ1n) is 4.68. The topological polar surface area (TPSA) is 64.5 Å². The molecule has 2 rings (SSSR count). The molecule has 0 aliphatic carbocycles. The number of rotatable bonds is 2. The fourth-order valence-electron chi connectivity index (χ4n) is 1.35. The molecule has 0 saturated heterocycles. The van der Waals surface area contributed by atoms with Gasteiger partial charge < -0.3 is 10.3 Å². The zero-order valence-corrected chi connectivity index (χ0v) is 8.47. The average Bonchev–Trinajstić information content (AvgIpc) is 2.66. The predicted molar refractivity (Wildman–Crippen MR) is 55.4 cm³/mol. The Bertz CT molecular complexity index is 579. The van der Waals surface area contributed by atoms with E-state index in [0.29, 0.717) is 16.6 Å². The molecule has 4 nitrogen and oxygen atoms in total. The van der Waals surface area contributed by atoms with E-state index in [1.807, 2.05) is 6.07 Å². The van der Waals surface area contributed by atoms with Crippen LogP contribution in [0.5, 0.6) is 0 Å². The summed E-state index contributed by atoms with van der Waals surface area (Å²) in [4.78, 5) is 6.58. The molecule has 0 aliphatic heterocycles. The fraction of sp³-hybridized carbons (Fsp3) is 0.200. The summed E-state index contributed by atoms with van der Waals surface area (Å²) in [5.41, 5.74) is 1.45. The number of nitrogens with zero attached hydrogens (tertiary/aromatic N) is 2. The van der Waals surface area contributed by atoms with Gasteiger partial charge in [0.05, 0.1) is 22.7 Å². The van der Waals surface area contributed by atoms with Gasteiger partial charge in [0.15, 0.2) is 0 Å². The Morgan fingerprint density at radius 3 is 2.82 bits per heavy atom. The molecule has 17 heavy (non-hydrogen) atoms. The molecule has 0 unspecified atom stereocenters. The smallest absolute Gasteiger partial charge is 0.347 e. The van der Waals surface area contributed by atoms with E-state index in [1.165, 1.54) is 6.07 Å². The van der Waals surface area contributed by atoms with E-state index in [2.05, 4.69) is 15.3 Å². The van der Waals surface area contributed by atoms with Crippen LogP contribution in [-0.2, 0) is 0 Å². The lowest BCUT2D eigenvalue weighted by atomic mass is 10.2. The zero-order chi connectivity index (χ0) is 12.5. The molecule has 0 fully saturated rings. The van der Waals surface area contributed by atoms with Gasteiger partial charge in [0, 0.05) is 0 Å². The number of H-pyrrole nitrogens is 1. The molecule has 7 heteroatoms. The number of alkyl halides is 3. The second kappa shape index (κ2) is 3.97. The number of hydrogen-bond donors (Lipinski definition) is 2. The third-order valence-electron chi connectivity index (χ3n) is 2.07. The van der Waals surface area contributed by atoms with Crippen molar-refractivity contribution in [3.63, 3.8) is 0 Å². The Hall–Kier alpha value is -2.23. The Balaban J connectivity index is 2.23. The van der Waals surface area contributed by atoms with Crippen LogP contribution in [0.4, 0.5) is 19.1 Å². The number of halogens is 3. The minimum absolute atomic E-state index is 0.0346. The van der Waals surface area contributed by atoms with Crippen molar-refractivity contribution in [3.8, 4) is 6.07 Å². The number of aromatic amines is 1. The molecule has 1 aromatic heterocycles. The molecule has 0 bridgehead atoms. The van der Waals surface area contributed by atoms with Crippen LogP contribution in [0, 0.1) is 11.3 Å². The summed E-state index contributed by atoms with van der Waals surface area (Å²) in [6.45, 7) is -1.15. The summed E-state index contributed by atoms with van der Waals surface area (Å²) in [5, 5.41) is 10.8. The van der Waals surface area contributed by atoms with Gasteiger partial charge in [-0.05, 0) is 18.2 Å². The molecule has 1 aromatic carbocycles. The van der Waals surface area contributed by atoms with E-state index < -0.39 is 12.7 Å². The number of aromatic nitrogens is 2. The summed E-state index contributed by atoms with van der Waals surface area (Å²) < 4.78 is 35.9. The second-order valence-corrected chi connectivity index (χ2v) is 3.40. The number of benzene rings is 1. The molecule has 0 saturated carbocycles. The van der Waals surface area contributed by atoms with Crippen LogP contribution in [0.15, 0.2) is 18.2 Å². The highest BCUT2D eigenvalue weighted by molar-refractivity contribution is 5.78. The van der Waals surface area contributed by atoms with E-state index in [9.17, 15) is 13.2 Å². The largest absolute Gasteiger partial charge is 0.405 e. The van der Waals surface area contributed by atoms with Crippen LogP contribution >= 0.6 is 0 Å². The van der Waals surface area contributed by atoms with E-state index in [0.717, 1.165) is 0 Å². The highest BCUT2D eigenvalue weighted by atomic mass is 19.4. The lowest BCUT2D eigenvalue weighted by molar-refractivity contribution is -0.115. The van der Waals surface area contributed by atoms with Crippen molar-refractivity contribution in [2.24, 2.45) is 0 Å². The molecular weight excluding hydrogens is 233 g/mol. The van der Waals surface area contributed by atoms with Crippen LogP contribution < -0.4 is 5.32 Å². The summed E-state index contributed by atoms with van der Waals surface area (Å²) >= 11 is 0. The lowest BCUT2D eigenvalue weighted by Crippen LogP contribution is -2.21. The number of fused-ring (bicyclic) bond motifs is 1. The molecule has 0 atom stereocenters. The Kier molecular flexibility index (Phi) is 2.63. The van der Waals surface area contributed by atoms with Crippen molar-refractivity contribution in [3.05, 3.63) is 23.8 Å². The zero-order valence-electron chi connectivity index (χ0n) is 8.47. The molecule has 2 aromatic rings. The van der Waals surface area contributed by atoms with E-state index in [-0.39, 0.29) is 5.95 Å². The maximum atomic E-state index is 12.0. The molecular formula is C10H7F3N4. The first kappa shape index (κ1) is 11.3. The van der Waals surface area contributed by atoms with Gasteiger partial charge in [-0.25, -0.2) is 4.98 Å². The van der Waals surface area contributed by atoms with Crippen molar-refractivity contribution in [2.75, 3.05) is 11.9 Å².